The van der Waals surface area contributed by atoms with Crippen LogP contribution in [0.25, 0.3) is 0 Å². The van der Waals surface area contributed by atoms with Crippen LogP contribution >= 0.6 is 0 Å². The molecule has 0 aromatic heterocycles. The molecule has 2 aromatic carbocycles. The van der Waals surface area contributed by atoms with Crippen molar-refractivity contribution in [1.29, 1.82) is 0 Å². The second kappa shape index (κ2) is 6.65. The van der Waals surface area contributed by atoms with E-state index in [4.69, 9.17) is 4.74 Å². The Kier molecular flexibility index (Phi) is 4.86. The minimum Gasteiger partial charge on any atom is -0.497 e. The zero-order chi connectivity index (χ0) is 16.2. The summed E-state index contributed by atoms with van der Waals surface area (Å²) in [5.74, 6) is 0.835. The van der Waals surface area contributed by atoms with E-state index in [0.717, 1.165) is 16.9 Å². The van der Waals surface area contributed by atoms with Gasteiger partial charge in [-0.25, -0.2) is 0 Å². The van der Waals surface area contributed by atoms with Gasteiger partial charge < -0.3 is 10.1 Å². The number of rotatable bonds is 5. The molecule has 0 atom stereocenters. The molecule has 3 heteroatoms. The first-order chi connectivity index (χ1) is 10.4. The van der Waals surface area contributed by atoms with E-state index in [0.29, 0.717) is 6.54 Å². The molecule has 2 aromatic rings. The van der Waals surface area contributed by atoms with Crippen LogP contribution in [0.15, 0.2) is 48.5 Å². The van der Waals surface area contributed by atoms with Crippen LogP contribution in [0.1, 0.15) is 30.5 Å². The lowest BCUT2D eigenvalue weighted by atomic mass is 9.83. The Hall–Kier alpha value is -2.29. The third kappa shape index (κ3) is 3.67. The number of carbonyl (C=O) groups is 1. The molecule has 0 aliphatic heterocycles. The van der Waals surface area contributed by atoms with Gasteiger partial charge in [-0.15, -0.1) is 0 Å². The van der Waals surface area contributed by atoms with Gasteiger partial charge in [0.2, 0.25) is 5.91 Å². The highest BCUT2D eigenvalue weighted by atomic mass is 16.5. The largest absolute Gasteiger partial charge is 0.497 e. The van der Waals surface area contributed by atoms with E-state index in [1.165, 1.54) is 5.56 Å². The third-order valence-electron chi connectivity index (χ3n) is 3.95. The number of hydrogen-bond donors (Lipinski definition) is 1. The fourth-order valence-electron chi connectivity index (χ4n) is 2.25. The van der Waals surface area contributed by atoms with Crippen molar-refractivity contribution in [1.82, 2.24) is 5.32 Å². The second-order valence-electron chi connectivity index (χ2n) is 6.02. The zero-order valence-corrected chi connectivity index (χ0v) is 13.6. The number of carbonyl (C=O) groups excluding carboxylic acids is 1. The van der Waals surface area contributed by atoms with E-state index < -0.39 is 5.41 Å². The molecule has 0 spiro atoms. The van der Waals surface area contributed by atoms with E-state index in [9.17, 15) is 4.79 Å². The van der Waals surface area contributed by atoms with Gasteiger partial charge in [0.05, 0.1) is 12.5 Å². The van der Waals surface area contributed by atoms with E-state index in [1.54, 1.807) is 7.11 Å². The summed E-state index contributed by atoms with van der Waals surface area (Å²) in [6.45, 7) is 6.45. The number of aryl methyl sites for hydroxylation is 1. The molecule has 2 rings (SSSR count). The third-order valence-corrected chi connectivity index (χ3v) is 3.95. The monoisotopic (exact) mass is 297 g/mol. The summed E-state index contributed by atoms with van der Waals surface area (Å²) in [5.41, 5.74) is 2.71. The summed E-state index contributed by atoms with van der Waals surface area (Å²) in [6, 6.07) is 15.8. The quantitative estimate of drug-likeness (QED) is 0.915. The van der Waals surface area contributed by atoms with Crippen LogP contribution < -0.4 is 10.1 Å². The van der Waals surface area contributed by atoms with Crippen molar-refractivity contribution < 1.29 is 9.53 Å². The summed E-state index contributed by atoms with van der Waals surface area (Å²) >= 11 is 0. The summed E-state index contributed by atoms with van der Waals surface area (Å²) in [7, 11) is 1.64. The maximum atomic E-state index is 12.5. The molecular formula is C19H23NO2. The van der Waals surface area contributed by atoms with Crippen molar-refractivity contribution in [3.63, 3.8) is 0 Å². The van der Waals surface area contributed by atoms with E-state index in [2.05, 4.69) is 5.32 Å². The molecule has 0 saturated heterocycles. The zero-order valence-electron chi connectivity index (χ0n) is 13.6. The molecule has 22 heavy (non-hydrogen) atoms. The first-order valence-electron chi connectivity index (χ1n) is 7.42. The van der Waals surface area contributed by atoms with Crippen molar-refractivity contribution in [3.05, 3.63) is 65.2 Å². The number of ether oxygens (including phenoxy) is 1. The molecule has 0 aliphatic carbocycles. The fraction of sp³-hybridized carbons (Fsp3) is 0.316. The average molecular weight is 297 g/mol. The van der Waals surface area contributed by atoms with Gasteiger partial charge in [-0.2, -0.15) is 0 Å². The minimum absolute atomic E-state index is 0.0205. The van der Waals surface area contributed by atoms with E-state index >= 15 is 0 Å². The number of benzene rings is 2. The summed E-state index contributed by atoms with van der Waals surface area (Å²) in [4.78, 5) is 12.5. The van der Waals surface area contributed by atoms with Crippen LogP contribution in [0.5, 0.6) is 5.75 Å². The predicted octanol–water partition coefficient (Wildman–Crippen LogP) is 3.60. The van der Waals surface area contributed by atoms with Gasteiger partial charge in [0.1, 0.15) is 5.75 Å². The molecule has 0 heterocycles. The van der Waals surface area contributed by atoms with Crippen LogP contribution in [0, 0.1) is 6.92 Å². The standard InChI is InChI=1S/C19H23NO2/c1-14-5-9-16(10-6-14)19(2,3)18(21)20-13-15-7-11-17(22-4)12-8-15/h5-12H,13H2,1-4H3,(H,20,21). The van der Waals surface area contributed by atoms with Crippen molar-refractivity contribution in [3.8, 4) is 5.75 Å². The molecule has 1 N–H and O–H groups in total. The molecule has 0 bridgehead atoms. The normalized spacial score (nSPS) is 11.1. The summed E-state index contributed by atoms with van der Waals surface area (Å²) in [6.07, 6.45) is 0. The molecule has 116 valence electrons. The molecular weight excluding hydrogens is 274 g/mol. The molecule has 0 saturated carbocycles. The van der Waals surface area contributed by atoms with Gasteiger partial charge >= 0.3 is 0 Å². The van der Waals surface area contributed by atoms with Crippen molar-refractivity contribution in [2.75, 3.05) is 7.11 Å². The maximum Gasteiger partial charge on any atom is 0.230 e. The lowest BCUT2D eigenvalue weighted by molar-refractivity contribution is -0.125. The highest BCUT2D eigenvalue weighted by Gasteiger charge is 2.29. The van der Waals surface area contributed by atoms with Gasteiger partial charge in [-0.05, 0) is 44.0 Å². The lowest BCUT2D eigenvalue weighted by Gasteiger charge is -2.24. The smallest absolute Gasteiger partial charge is 0.230 e. The van der Waals surface area contributed by atoms with Gasteiger partial charge in [-0.1, -0.05) is 42.0 Å². The Morgan fingerprint density at radius 3 is 2.18 bits per heavy atom. The predicted molar refractivity (Wildman–Crippen MR) is 89.0 cm³/mol. The highest BCUT2D eigenvalue weighted by molar-refractivity contribution is 5.87. The number of hydrogen-bond acceptors (Lipinski definition) is 2. The molecule has 0 aliphatic rings. The molecule has 0 radical (unpaired) electrons. The van der Waals surface area contributed by atoms with E-state index in [1.807, 2.05) is 69.3 Å². The Morgan fingerprint density at radius 1 is 1.05 bits per heavy atom. The lowest BCUT2D eigenvalue weighted by Crippen LogP contribution is -2.39. The van der Waals surface area contributed by atoms with Gasteiger partial charge in [0.25, 0.3) is 0 Å². The van der Waals surface area contributed by atoms with Crippen molar-refractivity contribution >= 4 is 5.91 Å². The van der Waals surface area contributed by atoms with Crippen LogP contribution in [0.3, 0.4) is 0 Å². The van der Waals surface area contributed by atoms with Crippen molar-refractivity contribution in [2.45, 2.75) is 32.7 Å². The topological polar surface area (TPSA) is 38.3 Å². The molecule has 0 fully saturated rings. The van der Waals surface area contributed by atoms with Crippen LogP contribution in [-0.4, -0.2) is 13.0 Å². The Bertz CT molecular complexity index is 627. The first-order valence-corrected chi connectivity index (χ1v) is 7.42. The average Bonchev–Trinajstić information content (AvgIpc) is 2.53. The van der Waals surface area contributed by atoms with Gasteiger partial charge in [-0.3, -0.25) is 4.79 Å². The minimum atomic E-state index is -0.555. The van der Waals surface area contributed by atoms with Crippen LogP contribution in [-0.2, 0) is 16.8 Å². The fourth-order valence-corrected chi connectivity index (χ4v) is 2.25. The molecule has 1 amide bonds. The summed E-state index contributed by atoms with van der Waals surface area (Å²) in [5, 5.41) is 3.01. The van der Waals surface area contributed by atoms with Crippen LogP contribution in [0.4, 0.5) is 0 Å². The van der Waals surface area contributed by atoms with Crippen molar-refractivity contribution in [2.24, 2.45) is 0 Å². The number of amides is 1. The Labute approximate surface area is 132 Å². The first kappa shape index (κ1) is 16.1. The molecule has 0 unspecified atom stereocenters. The maximum absolute atomic E-state index is 12.5. The second-order valence-corrected chi connectivity index (χ2v) is 6.02. The molecule has 3 nitrogen and oxygen atoms in total. The SMILES string of the molecule is COc1ccc(CNC(=O)C(C)(C)c2ccc(C)cc2)cc1. The Morgan fingerprint density at radius 2 is 1.64 bits per heavy atom. The number of nitrogens with one attached hydrogen (secondary N) is 1. The summed E-state index contributed by atoms with van der Waals surface area (Å²) < 4.78 is 5.13. The van der Waals surface area contributed by atoms with E-state index in [-0.39, 0.29) is 5.91 Å². The highest BCUT2D eigenvalue weighted by Crippen LogP contribution is 2.24. The number of methoxy groups -OCH3 is 1. The van der Waals surface area contributed by atoms with Crippen LogP contribution in [0.2, 0.25) is 0 Å². The Balaban J connectivity index is 2.02. The van der Waals surface area contributed by atoms with Gasteiger partial charge in [0, 0.05) is 6.54 Å². The van der Waals surface area contributed by atoms with Gasteiger partial charge in [0.15, 0.2) is 0 Å².